The molecule has 0 aliphatic heterocycles. The number of rotatable bonds is 7. The van der Waals surface area contributed by atoms with Gasteiger partial charge in [0, 0.05) is 13.1 Å². The molecule has 0 heterocycles. The quantitative estimate of drug-likeness (QED) is 0.754. The van der Waals surface area contributed by atoms with Crippen LogP contribution >= 0.6 is 0 Å². The number of carbonyl (C=O) groups excluding carboxylic acids is 1. The third kappa shape index (κ3) is 6.49. The number of nitrogens with zero attached hydrogens (tertiary/aromatic N) is 1. The second-order valence-electron chi connectivity index (χ2n) is 5.56. The summed E-state index contributed by atoms with van der Waals surface area (Å²) in [7, 11) is 3.94. The Morgan fingerprint density at radius 2 is 1.67 bits per heavy atom. The number of nitrogens with one attached hydrogen (secondary N) is 2. The summed E-state index contributed by atoms with van der Waals surface area (Å²) < 4.78 is 5.76. The highest BCUT2D eigenvalue weighted by atomic mass is 16.5. The van der Waals surface area contributed by atoms with E-state index in [-0.39, 0.29) is 6.03 Å². The second-order valence-corrected chi connectivity index (χ2v) is 5.56. The van der Waals surface area contributed by atoms with Crippen molar-refractivity contribution >= 4 is 6.03 Å². The summed E-state index contributed by atoms with van der Waals surface area (Å²) in [5, 5.41) is 5.58. The number of aryl methyl sites for hydroxylation is 3. The molecule has 1 aromatic rings. The average molecular weight is 293 g/mol. The van der Waals surface area contributed by atoms with E-state index in [0.29, 0.717) is 19.7 Å². The molecule has 21 heavy (non-hydrogen) atoms. The predicted molar refractivity (Wildman–Crippen MR) is 86.1 cm³/mol. The van der Waals surface area contributed by atoms with Crippen molar-refractivity contribution in [3.63, 3.8) is 0 Å². The molecule has 0 unspecified atom stereocenters. The van der Waals surface area contributed by atoms with Crippen LogP contribution < -0.4 is 15.4 Å². The molecule has 0 aliphatic rings. The van der Waals surface area contributed by atoms with Gasteiger partial charge in [-0.1, -0.05) is 17.7 Å². The molecular weight excluding hydrogens is 266 g/mol. The molecule has 1 aromatic carbocycles. The molecule has 0 bridgehead atoms. The maximum atomic E-state index is 11.5. The van der Waals surface area contributed by atoms with E-state index in [1.807, 2.05) is 32.8 Å². The van der Waals surface area contributed by atoms with Gasteiger partial charge in [-0.25, -0.2) is 4.79 Å². The van der Waals surface area contributed by atoms with E-state index in [9.17, 15) is 4.79 Å². The number of hydrogen-bond donors (Lipinski definition) is 2. The van der Waals surface area contributed by atoms with Gasteiger partial charge in [0.15, 0.2) is 0 Å². The number of carbonyl (C=O) groups is 1. The Hall–Kier alpha value is -1.75. The van der Waals surface area contributed by atoms with Crippen molar-refractivity contribution in [2.24, 2.45) is 0 Å². The molecule has 118 valence electrons. The summed E-state index contributed by atoms with van der Waals surface area (Å²) in [6, 6.07) is 4.05. The van der Waals surface area contributed by atoms with Gasteiger partial charge >= 0.3 is 6.03 Å². The zero-order chi connectivity index (χ0) is 15.8. The van der Waals surface area contributed by atoms with Crippen molar-refractivity contribution in [2.75, 3.05) is 40.3 Å². The molecule has 1 rings (SSSR count). The van der Waals surface area contributed by atoms with Crippen molar-refractivity contribution < 1.29 is 9.53 Å². The Labute approximate surface area is 127 Å². The molecule has 0 atom stereocenters. The molecule has 0 radical (unpaired) electrons. The monoisotopic (exact) mass is 293 g/mol. The van der Waals surface area contributed by atoms with Crippen LogP contribution in [-0.2, 0) is 0 Å². The van der Waals surface area contributed by atoms with Crippen molar-refractivity contribution in [2.45, 2.75) is 20.8 Å². The SMILES string of the molecule is Cc1cc(C)c(OCCNC(=O)NCCN(C)C)c(C)c1. The van der Waals surface area contributed by atoms with Gasteiger partial charge in [0.05, 0.1) is 6.54 Å². The normalized spacial score (nSPS) is 10.6. The Balaban J connectivity index is 2.27. The highest BCUT2D eigenvalue weighted by molar-refractivity contribution is 5.73. The van der Waals surface area contributed by atoms with Crippen LogP contribution in [0.2, 0.25) is 0 Å². The van der Waals surface area contributed by atoms with E-state index in [2.05, 4.69) is 29.7 Å². The molecule has 0 spiro atoms. The maximum absolute atomic E-state index is 11.5. The summed E-state index contributed by atoms with van der Waals surface area (Å²) >= 11 is 0. The fourth-order valence-electron chi connectivity index (χ4n) is 2.17. The zero-order valence-electron chi connectivity index (χ0n) is 13.7. The van der Waals surface area contributed by atoms with E-state index in [0.717, 1.165) is 23.4 Å². The summed E-state index contributed by atoms with van der Waals surface area (Å²) in [5.74, 6) is 0.912. The van der Waals surface area contributed by atoms with Crippen LogP contribution in [0.25, 0.3) is 0 Å². The van der Waals surface area contributed by atoms with Crippen LogP contribution in [0, 0.1) is 20.8 Å². The fraction of sp³-hybridized carbons (Fsp3) is 0.562. The minimum atomic E-state index is -0.155. The lowest BCUT2D eigenvalue weighted by Crippen LogP contribution is -2.40. The summed E-state index contributed by atoms with van der Waals surface area (Å²) in [5.41, 5.74) is 3.49. The van der Waals surface area contributed by atoms with Crippen molar-refractivity contribution in [3.05, 3.63) is 28.8 Å². The van der Waals surface area contributed by atoms with Crippen LogP contribution in [0.15, 0.2) is 12.1 Å². The van der Waals surface area contributed by atoms with E-state index in [4.69, 9.17) is 4.74 Å². The minimum Gasteiger partial charge on any atom is -0.491 e. The van der Waals surface area contributed by atoms with Gasteiger partial charge in [-0.15, -0.1) is 0 Å². The summed E-state index contributed by atoms with van der Waals surface area (Å²) in [6.07, 6.45) is 0. The topological polar surface area (TPSA) is 53.6 Å². The minimum absolute atomic E-state index is 0.155. The first kappa shape index (κ1) is 17.3. The maximum Gasteiger partial charge on any atom is 0.314 e. The molecule has 5 heteroatoms. The van der Waals surface area contributed by atoms with Crippen LogP contribution in [0.5, 0.6) is 5.75 Å². The lowest BCUT2D eigenvalue weighted by molar-refractivity contribution is 0.235. The Morgan fingerprint density at radius 1 is 1.10 bits per heavy atom. The third-order valence-electron chi connectivity index (χ3n) is 3.08. The van der Waals surface area contributed by atoms with Crippen LogP contribution in [0.3, 0.4) is 0 Å². The van der Waals surface area contributed by atoms with Gasteiger partial charge < -0.3 is 20.3 Å². The highest BCUT2D eigenvalue weighted by Gasteiger charge is 2.05. The van der Waals surface area contributed by atoms with Gasteiger partial charge in [-0.2, -0.15) is 0 Å². The molecule has 5 nitrogen and oxygen atoms in total. The molecule has 0 saturated heterocycles. The number of amides is 2. The Kier molecular flexibility index (Phi) is 7.02. The van der Waals surface area contributed by atoms with Crippen LogP contribution in [0.4, 0.5) is 4.79 Å². The van der Waals surface area contributed by atoms with Crippen LogP contribution in [-0.4, -0.2) is 51.3 Å². The largest absolute Gasteiger partial charge is 0.491 e. The lowest BCUT2D eigenvalue weighted by Gasteiger charge is -2.14. The highest BCUT2D eigenvalue weighted by Crippen LogP contribution is 2.24. The number of urea groups is 1. The molecule has 2 N–H and O–H groups in total. The lowest BCUT2D eigenvalue weighted by atomic mass is 10.1. The summed E-state index contributed by atoms with van der Waals surface area (Å²) in [4.78, 5) is 13.5. The summed E-state index contributed by atoms with van der Waals surface area (Å²) in [6.45, 7) is 8.56. The standard InChI is InChI=1S/C16H27N3O2/c1-12-10-13(2)15(14(3)11-12)21-9-7-18-16(20)17-6-8-19(4)5/h10-11H,6-9H2,1-5H3,(H2,17,18,20). The molecule has 0 saturated carbocycles. The number of benzene rings is 1. The van der Waals surface area contributed by atoms with E-state index < -0.39 is 0 Å². The average Bonchev–Trinajstić information content (AvgIpc) is 2.36. The fourth-order valence-corrected chi connectivity index (χ4v) is 2.17. The van der Waals surface area contributed by atoms with E-state index >= 15 is 0 Å². The molecular formula is C16H27N3O2. The van der Waals surface area contributed by atoms with Crippen molar-refractivity contribution in [3.8, 4) is 5.75 Å². The van der Waals surface area contributed by atoms with Gasteiger partial charge in [0.2, 0.25) is 0 Å². The van der Waals surface area contributed by atoms with Crippen molar-refractivity contribution in [1.82, 2.24) is 15.5 Å². The Bertz CT molecular complexity index is 450. The smallest absolute Gasteiger partial charge is 0.314 e. The van der Waals surface area contributed by atoms with Gasteiger partial charge in [-0.3, -0.25) is 0 Å². The predicted octanol–water partition coefficient (Wildman–Crippen LogP) is 1.85. The Morgan fingerprint density at radius 3 is 2.24 bits per heavy atom. The number of likely N-dealkylation sites (N-methyl/N-ethyl adjacent to an activating group) is 1. The first-order valence-corrected chi connectivity index (χ1v) is 7.27. The second kappa shape index (κ2) is 8.52. The molecule has 0 aliphatic carbocycles. The van der Waals surface area contributed by atoms with E-state index in [1.165, 1.54) is 5.56 Å². The first-order valence-electron chi connectivity index (χ1n) is 7.27. The van der Waals surface area contributed by atoms with Gasteiger partial charge in [-0.05, 0) is 46.0 Å². The zero-order valence-corrected chi connectivity index (χ0v) is 13.7. The first-order chi connectivity index (χ1) is 9.90. The molecule has 0 aromatic heterocycles. The van der Waals surface area contributed by atoms with Gasteiger partial charge in [0.1, 0.15) is 12.4 Å². The molecule has 2 amide bonds. The van der Waals surface area contributed by atoms with E-state index in [1.54, 1.807) is 0 Å². The van der Waals surface area contributed by atoms with Crippen molar-refractivity contribution in [1.29, 1.82) is 0 Å². The number of hydrogen-bond acceptors (Lipinski definition) is 3. The van der Waals surface area contributed by atoms with Crippen LogP contribution in [0.1, 0.15) is 16.7 Å². The van der Waals surface area contributed by atoms with Gasteiger partial charge in [0.25, 0.3) is 0 Å². The molecule has 0 fully saturated rings. The number of ether oxygens (including phenoxy) is 1. The third-order valence-corrected chi connectivity index (χ3v) is 3.08.